The van der Waals surface area contributed by atoms with Crippen molar-refractivity contribution in [3.63, 3.8) is 0 Å². The van der Waals surface area contributed by atoms with Crippen molar-refractivity contribution in [2.45, 2.75) is 20.8 Å². The van der Waals surface area contributed by atoms with Crippen molar-refractivity contribution in [2.24, 2.45) is 0 Å². The number of hydrogen-bond acceptors (Lipinski definition) is 6. The molecule has 0 aliphatic carbocycles. The summed E-state index contributed by atoms with van der Waals surface area (Å²) in [5.74, 6) is 1.24. The molecule has 0 unspecified atom stereocenters. The quantitative estimate of drug-likeness (QED) is 0.710. The van der Waals surface area contributed by atoms with Gasteiger partial charge in [-0.2, -0.15) is 0 Å². The molecule has 0 saturated heterocycles. The number of benzene rings is 1. The van der Waals surface area contributed by atoms with Gasteiger partial charge in [-0.25, -0.2) is 19.9 Å². The Morgan fingerprint density at radius 3 is 2.29 bits per heavy atom. The van der Waals surface area contributed by atoms with E-state index in [4.69, 9.17) is 16.3 Å². The van der Waals surface area contributed by atoms with Gasteiger partial charge >= 0.3 is 6.01 Å². The summed E-state index contributed by atoms with van der Waals surface area (Å²) < 4.78 is 5.74. The number of aryl methyl sites for hydroxylation is 3. The van der Waals surface area contributed by atoms with Gasteiger partial charge < -0.3 is 10.1 Å². The Bertz CT molecular complexity index is 775. The number of aromatic nitrogens is 4. The van der Waals surface area contributed by atoms with Crippen LogP contribution in [-0.4, -0.2) is 19.9 Å². The Morgan fingerprint density at radius 1 is 0.875 bits per heavy atom. The van der Waals surface area contributed by atoms with E-state index in [9.17, 15) is 0 Å². The second-order valence-corrected chi connectivity index (χ2v) is 5.69. The van der Waals surface area contributed by atoms with Gasteiger partial charge in [0.25, 0.3) is 0 Å². The molecular formula is C17H16ClN5O. The lowest BCUT2D eigenvalue weighted by Gasteiger charge is -2.09. The molecule has 0 aliphatic heterocycles. The van der Waals surface area contributed by atoms with Crippen LogP contribution in [0.5, 0.6) is 11.8 Å². The van der Waals surface area contributed by atoms with Crippen molar-refractivity contribution in [1.29, 1.82) is 0 Å². The van der Waals surface area contributed by atoms with Gasteiger partial charge in [-0.3, -0.25) is 0 Å². The zero-order valence-corrected chi connectivity index (χ0v) is 14.3. The zero-order chi connectivity index (χ0) is 17.1. The first-order valence-corrected chi connectivity index (χ1v) is 7.74. The summed E-state index contributed by atoms with van der Waals surface area (Å²) in [6.45, 7) is 5.66. The Balaban J connectivity index is 1.81. The molecule has 1 N–H and O–H groups in total. The van der Waals surface area contributed by atoms with Gasteiger partial charge in [0, 0.05) is 34.9 Å². The maximum Gasteiger partial charge on any atom is 0.322 e. The van der Waals surface area contributed by atoms with Gasteiger partial charge in [0.05, 0.1) is 0 Å². The molecule has 2 aromatic heterocycles. The first-order chi connectivity index (χ1) is 11.5. The van der Waals surface area contributed by atoms with Crippen LogP contribution in [0.1, 0.15) is 17.1 Å². The molecule has 0 amide bonds. The largest absolute Gasteiger partial charge is 0.424 e. The molecule has 7 heteroatoms. The highest BCUT2D eigenvalue weighted by molar-refractivity contribution is 6.28. The predicted octanol–water partition coefficient (Wildman–Crippen LogP) is 4.38. The minimum atomic E-state index is 0.202. The molecule has 3 rings (SSSR count). The molecule has 6 nitrogen and oxygen atoms in total. The van der Waals surface area contributed by atoms with Crippen LogP contribution in [0.15, 0.2) is 36.4 Å². The molecule has 0 saturated carbocycles. The third-order valence-corrected chi connectivity index (χ3v) is 3.27. The third kappa shape index (κ3) is 4.17. The van der Waals surface area contributed by atoms with E-state index in [1.165, 1.54) is 0 Å². The fraction of sp³-hybridized carbons (Fsp3) is 0.176. The molecule has 0 spiro atoms. The lowest BCUT2D eigenvalue weighted by atomic mass is 10.3. The molecule has 0 radical (unpaired) electrons. The normalized spacial score (nSPS) is 10.5. The zero-order valence-electron chi connectivity index (χ0n) is 13.5. The SMILES string of the molecule is Cc1cc(Nc2cccc(Oc3nc(C)cc(C)n3)c2)nc(Cl)n1. The first kappa shape index (κ1) is 16.1. The monoisotopic (exact) mass is 341 g/mol. The average Bonchev–Trinajstić information content (AvgIpc) is 2.45. The summed E-state index contributed by atoms with van der Waals surface area (Å²) in [4.78, 5) is 16.7. The van der Waals surface area contributed by atoms with Crippen LogP contribution in [0.25, 0.3) is 0 Å². The van der Waals surface area contributed by atoms with Crippen molar-refractivity contribution in [3.05, 3.63) is 58.8 Å². The maximum absolute atomic E-state index is 5.88. The Hall–Kier alpha value is -2.73. The van der Waals surface area contributed by atoms with Gasteiger partial charge in [0.1, 0.15) is 11.6 Å². The second-order valence-electron chi connectivity index (χ2n) is 5.35. The van der Waals surface area contributed by atoms with Gasteiger partial charge in [0.15, 0.2) is 0 Å². The predicted molar refractivity (Wildman–Crippen MR) is 93.1 cm³/mol. The van der Waals surface area contributed by atoms with Gasteiger partial charge in [-0.05, 0) is 50.6 Å². The fourth-order valence-electron chi connectivity index (χ4n) is 2.23. The number of anilines is 2. The third-order valence-electron chi connectivity index (χ3n) is 3.10. The molecule has 1 aromatic carbocycles. The van der Waals surface area contributed by atoms with Crippen molar-refractivity contribution in [3.8, 4) is 11.8 Å². The van der Waals surface area contributed by atoms with Gasteiger partial charge in [-0.15, -0.1) is 0 Å². The molecule has 2 heterocycles. The molecule has 3 aromatic rings. The van der Waals surface area contributed by atoms with Crippen LogP contribution in [0, 0.1) is 20.8 Å². The van der Waals surface area contributed by atoms with E-state index >= 15 is 0 Å². The van der Waals surface area contributed by atoms with Crippen LogP contribution in [0.3, 0.4) is 0 Å². The van der Waals surface area contributed by atoms with Crippen molar-refractivity contribution < 1.29 is 4.74 Å². The summed E-state index contributed by atoms with van der Waals surface area (Å²) in [7, 11) is 0. The summed E-state index contributed by atoms with van der Waals surface area (Å²) in [6, 6.07) is 11.5. The van der Waals surface area contributed by atoms with E-state index in [1.54, 1.807) is 0 Å². The number of ether oxygens (including phenoxy) is 1. The maximum atomic E-state index is 5.88. The molecule has 0 bridgehead atoms. The number of nitrogens with zero attached hydrogens (tertiary/aromatic N) is 4. The first-order valence-electron chi connectivity index (χ1n) is 7.36. The van der Waals surface area contributed by atoms with Crippen LogP contribution in [-0.2, 0) is 0 Å². The molecule has 0 atom stereocenters. The Kier molecular flexibility index (Phi) is 4.57. The van der Waals surface area contributed by atoms with E-state index in [0.717, 1.165) is 22.8 Å². The summed E-state index contributed by atoms with van der Waals surface area (Å²) in [5.41, 5.74) is 3.32. The molecule has 0 aliphatic rings. The van der Waals surface area contributed by atoms with Crippen LogP contribution in [0.2, 0.25) is 5.28 Å². The Labute approximate surface area is 144 Å². The Morgan fingerprint density at radius 2 is 1.58 bits per heavy atom. The van der Waals surface area contributed by atoms with Crippen LogP contribution < -0.4 is 10.1 Å². The summed E-state index contributed by atoms with van der Waals surface area (Å²) >= 11 is 5.88. The smallest absolute Gasteiger partial charge is 0.322 e. The van der Waals surface area contributed by atoms with Crippen molar-refractivity contribution >= 4 is 23.1 Å². The van der Waals surface area contributed by atoms with Gasteiger partial charge in [0.2, 0.25) is 5.28 Å². The van der Waals surface area contributed by atoms with Crippen molar-refractivity contribution in [2.75, 3.05) is 5.32 Å². The summed E-state index contributed by atoms with van der Waals surface area (Å²) in [6.07, 6.45) is 0. The molecule has 122 valence electrons. The topological polar surface area (TPSA) is 72.8 Å². The van der Waals surface area contributed by atoms with Crippen molar-refractivity contribution in [1.82, 2.24) is 19.9 Å². The number of nitrogens with one attached hydrogen (secondary N) is 1. The lowest BCUT2D eigenvalue weighted by Crippen LogP contribution is -1.98. The number of hydrogen-bond donors (Lipinski definition) is 1. The number of rotatable bonds is 4. The van der Waals surface area contributed by atoms with Crippen LogP contribution in [0.4, 0.5) is 11.5 Å². The van der Waals surface area contributed by atoms with E-state index in [0.29, 0.717) is 17.6 Å². The number of halogens is 1. The minimum Gasteiger partial charge on any atom is -0.424 e. The minimum absolute atomic E-state index is 0.202. The molecular weight excluding hydrogens is 326 g/mol. The van der Waals surface area contributed by atoms with E-state index in [-0.39, 0.29) is 5.28 Å². The molecule has 0 fully saturated rings. The fourth-order valence-corrected chi connectivity index (χ4v) is 2.45. The average molecular weight is 342 g/mol. The lowest BCUT2D eigenvalue weighted by molar-refractivity contribution is 0.439. The second kappa shape index (κ2) is 6.80. The highest BCUT2D eigenvalue weighted by atomic mass is 35.5. The highest BCUT2D eigenvalue weighted by Crippen LogP contribution is 2.24. The highest BCUT2D eigenvalue weighted by Gasteiger charge is 2.05. The van der Waals surface area contributed by atoms with E-state index < -0.39 is 0 Å². The van der Waals surface area contributed by atoms with E-state index in [2.05, 4.69) is 25.3 Å². The summed E-state index contributed by atoms with van der Waals surface area (Å²) in [5, 5.41) is 3.38. The molecule has 24 heavy (non-hydrogen) atoms. The van der Waals surface area contributed by atoms with E-state index in [1.807, 2.05) is 57.2 Å². The van der Waals surface area contributed by atoms with Gasteiger partial charge in [-0.1, -0.05) is 6.07 Å². The standard InChI is InChI=1S/C17H16ClN5O/c1-10-7-11(2)21-17(20-10)24-14-6-4-5-13(9-14)22-15-8-12(3)19-16(18)23-15/h4-9H,1-3H3,(H,19,22,23). The van der Waals surface area contributed by atoms with Crippen LogP contribution >= 0.6 is 11.6 Å².